The monoisotopic (exact) mass is 536 g/mol. The summed E-state index contributed by atoms with van der Waals surface area (Å²) in [5.74, 6) is 0.883. The first-order valence-corrected chi connectivity index (χ1v) is 15.2. The quantitative estimate of drug-likeness (QED) is 0.144. The molecule has 3 aromatic carbocycles. The van der Waals surface area contributed by atoms with Gasteiger partial charge in [0.05, 0.1) is 53.0 Å². The van der Waals surface area contributed by atoms with Crippen LogP contribution in [-0.2, 0) is 0 Å². The standard InChI is InChI=1S/C28H16N4S4/c1-2-4-16-15(3-1)29-17-9-21-22(10-18(17)30-16)34-27(33-21)28-35-23-11-19-20(12-24(23)36-28)32-26-14-6-5-13(7-8-14)25(26)31-19/h1-6,9-14H,7-8H2. The molecule has 2 aromatic heterocycles. The molecule has 2 atom stereocenters. The Bertz CT molecular complexity index is 1750. The van der Waals surface area contributed by atoms with E-state index in [2.05, 4.69) is 36.4 Å². The summed E-state index contributed by atoms with van der Waals surface area (Å²) in [6.45, 7) is 0. The maximum absolute atomic E-state index is 5.11. The van der Waals surface area contributed by atoms with Gasteiger partial charge in [0.1, 0.15) is 0 Å². The van der Waals surface area contributed by atoms with Crippen LogP contribution < -0.4 is 0 Å². The molecule has 10 rings (SSSR count). The largest absolute Gasteiger partial charge is 0.249 e. The fraction of sp³-hybridized carbons (Fsp3) is 0.143. The van der Waals surface area contributed by atoms with Crippen molar-refractivity contribution < 1.29 is 0 Å². The van der Waals surface area contributed by atoms with Gasteiger partial charge in [0.25, 0.3) is 0 Å². The minimum atomic E-state index is 0.441. The van der Waals surface area contributed by atoms with Gasteiger partial charge in [-0.3, -0.25) is 0 Å². The molecule has 5 aliphatic rings. The molecule has 2 unspecified atom stereocenters. The summed E-state index contributed by atoms with van der Waals surface area (Å²) in [5, 5.41) is 0. The highest BCUT2D eigenvalue weighted by atomic mass is 32.2. The van der Waals surface area contributed by atoms with Crippen LogP contribution in [0.4, 0.5) is 0 Å². The first kappa shape index (κ1) is 20.5. The fourth-order valence-corrected chi connectivity index (χ4v) is 10.8. The van der Waals surface area contributed by atoms with Crippen LogP contribution in [0.1, 0.15) is 36.1 Å². The third kappa shape index (κ3) is 3.02. The molecule has 0 radical (unpaired) electrons. The van der Waals surface area contributed by atoms with E-state index < -0.39 is 0 Å². The third-order valence-electron chi connectivity index (χ3n) is 7.23. The van der Waals surface area contributed by atoms with E-state index in [0.29, 0.717) is 11.8 Å². The normalized spacial score (nSPS) is 21.6. The Labute approximate surface area is 223 Å². The number of nitrogens with zero attached hydrogens (tertiary/aromatic N) is 4. The van der Waals surface area contributed by atoms with Crippen LogP contribution in [0.5, 0.6) is 0 Å². The Kier molecular flexibility index (Phi) is 4.28. The van der Waals surface area contributed by atoms with E-state index in [1.54, 1.807) is 0 Å². The SMILES string of the molecule is C1=CC2CCC1c1nc3cc4c(cc3nc12)SC(=C1Sc2cc3nc5ccccc5nc3cc2S1)S4. The van der Waals surface area contributed by atoms with E-state index in [-0.39, 0.29) is 0 Å². The van der Waals surface area contributed by atoms with Crippen molar-refractivity contribution in [2.24, 2.45) is 0 Å². The topological polar surface area (TPSA) is 51.6 Å². The molecule has 0 spiro atoms. The number of fused-ring (bicyclic) bond motifs is 6. The number of para-hydroxylation sites is 2. The van der Waals surface area contributed by atoms with E-state index in [1.807, 2.05) is 71.3 Å². The molecule has 0 fully saturated rings. The van der Waals surface area contributed by atoms with Crippen LogP contribution in [0.15, 0.2) is 88.7 Å². The van der Waals surface area contributed by atoms with Gasteiger partial charge in [0, 0.05) is 31.4 Å². The van der Waals surface area contributed by atoms with E-state index in [1.165, 1.54) is 52.3 Å². The summed E-state index contributed by atoms with van der Waals surface area (Å²) >= 11 is 7.43. The Balaban J connectivity index is 1.09. The molecule has 5 aromatic rings. The molecule has 4 heterocycles. The Morgan fingerprint density at radius 2 is 0.889 bits per heavy atom. The minimum absolute atomic E-state index is 0.441. The first-order chi connectivity index (χ1) is 17.7. The third-order valence-corrected chi connectivity index (χ3v) is 12.8. The lowest BCUT2D eigenvalue weighted by molar-refractivity contribution is 0.529. The highest BCUT2D eigenvalue weighted by Crippen LogP contribution is 2.62. The lowest BCUT2D eigenvalue weighted by Gasteiger charge is -2.31. The molecule has 0 N–H and O–H groups in total. The lowest BCUT2D eigenvalue weighted by atomic mass is 9.76. The van der Waals surface area contributed by atoms with Crippen LogP contribution in [0, 0.1) is 0 Å². The molecule has 0 saturated carbocycles. The zero-order valence-electron chi connectivity index (χ0n) is 18.8. The van der Waals surface area contributed by atoms with Crippen LogP contribution in [0.25, 0.3) is 33.1 Å². The molecular formula is C28H16N4S4. The highest BCUT2D eigenvalue weighted by molar-refractivity contribution is 8.30. The molecule has 4 nitrogen and oxygen atoms in total. The highest BCUT2D eigenvalue weighted by Gasteiger charge is 2.33. The minimum Gasteiger partial charge on any atom is -0.249 e. The molecule has 36 heavy (non-hydrogen) atoms. The number of hydrogen-bond acceptors (Lipinski definition) is 8. The Morgan fingerprint density at radius 1 is 0.500 bits per heavy atom. The van der Waals surface area contributed by atoms with Gasteiger partial charge in [-0.25, -0.2) is 19.9 Å². The van der Waals surface area contributed by atoms with Gasteiger partial charge >= 0.3 is 0 Å². The lowest BCUT2D eigenvalue weighted by Crippen LogP contribution is -2.20. The van der Waals surface area contributed by atoms with Crippen LogP contribution >= 0.6 is 47.0 Å². The summed E-state index contributed by atoms with van der Waals surface area (Å²) in [7, 11) is 0. The molecule has 0 amide bonds. The number of rotatable bonds is 0. The smallest absolute Gasteiger partial charge is 0.0906 e. The second-order valence-electron chi connectivity index (χ2n) is 9.44. The predicted molar refractivity (Wildman–Crippen MR) is 151 cm³/mol. The van der Waals surface area contributed by atoms with Crippen molar-refractivity contribution in [1.29, 1.82) is 0 Å². The van der Waals surface area contributed by atoms with E-state index in [0.717, 1.165) is 33.1 Å². The number of allylic oxidation sites excluding steroid dienone is 2. The van der Waals surface area contributed by atoms with Gasteiger partial charge in [0.15, 0.2) is 0 Å². The maximum Gasteiger partial charge on any atom is 0.0906 e. The van der Waals surface area contributed by atoms with Crippen molar-refractivity contribution >= 4 is 80.1 Å². The van der Waals surface area contributed by atoms with Gasteiger partial charge in [0.2, 0.25) is 0 Å². The molecule has 172 valence electrons. The van der Waals surface area contributed by atoms with Gasteiger partial charge in [-0.2, -0.15) is 0 Å². The predicted octanol–water partition coefficient (Wildman–Crippen LogP) is 8.48. The number of benzene rings is 3. The van der Waals surface area contributed by atoms with Crippen molar-refractivity contribution in [2.75, 3.05) is 0 Å². The summed E-state index contributed by atoms with van der Waals surface area (Å²) in [5.41, 5.74) is 8.25. The average Bonchev–Trinajstić information content (AvgIpc) is 3.52. The van der Waals surface area contributed by atoms with Crippen molar-refractivity contribution in [3.8, 4) is 0 Å². The molecule has 3 aliphatic carbocycles. The molecule has 8 heteroatoms. The maximum atomic E-state index is 5.11. The van der Waals surface area contributed by atoms with Gasteiger partial charge in [-0.1, -0.05) is 71.3 Å². The van der Waals surface area contributed by atoms with Gasteiger partial charge < -0.3 is 0 Å². The van der Waals surface area contributed by atoms with Gasteiger partial charge in [-0.15, -0.1) is 0 Å². The van der Waals surface area contributed by atoms with Crippen LogP contribution in [-0.4, -0.2) is 19.9 Å². The Hall–Kier alpha value is -2.52. The zero-order valence-corrected chi connectivity index (χ0v) is 22.0. The Morgan fingerprint density at radius 3 is 1.28 bits per heavy atom. The molecule has 0 saturated heterocycles. The molecule has 2 aliphatic heterocycles. The molecular weight excluding hydrogens is 521 g/mol. The van der Waals surface area contributed by atoms with E-state index in [4.69, 9.17) is 19.9 Å². The van der Waals surface area contributed by atoms with Gasteiger partial charge in [-0.05, 0) is 49.2 Å². The van der Waals surface area contributed by atoms with Crippen LogP contribution in [0.3, 0.4) is 0 Å². The van der Waals surface area contributed by atoms with Crippen molar-refractivity contribution in [1.82, 2.24) is 19.9 Å². The zero-order chi connectivity index (χ0) is 23.4. The van der Waals surface area contributed by atoms with Crippen LogP contribution in [0.2, 0.25) is 0 Å². The summed E-state index contributed by atoms with van der Waals surface area (Å²) in [6.07, 6.45) is 7.07. The first-order valence-electron chi connectivity index (χ1n) is 12.0. The fourth-order valence-electron chi connectivity index (χ4n) is 5.47. The molecule has 2 bridgehead atoms. The van der Waals surface area contributed by atoms with Crippen molar-refractivity contribution in [3.05, 3.63) is 80.5 Å². The second-order valence-corrected chi connectivity index (χ2v) is 14.2. The average molecular weight is 537 g/mol. The second kappa shape index (κ2) is 7.51. The van der Waals surface area contributed by atoms with Crippen molar-refractivity contribution in [2.45, 2.75) is 44.3 Å². The summed E-state index contributed by atoms with van der Waals surface area (Å²) in [4.78, 5) is 25.0. The van der Waals surface area contributed by atoms with E-state index in [9.17, 15) is 0 Å². The summed E-state index contributed by atoms with van der Waals surface area (Å²) in [6, 6.07) is 17.0. The number of hydrogen-bond donors (Lipinski definition) is 0. The number of aromatic nitrogens is 4. The van der Waals surface area contributed by atoms with Crippen molar-refractivity contribution in [3.63, 3.8) is 0 Å². The number of thioether (sulfide) groups is 4. The summed E-state index contributed by atoms with van der Waals surface area (Å²) < 4.78 is 2.68. The van der Waals surface area contributed by atoms with E-state index >= 15 is 0 Å².